The molecule has 1 N–H and O–H groups in total. The number of nitrogens with one attached hydrogen (secondary N) is 1. The normalized spacial score (nSPS) is 10.9. The molecule has 4 rings (SSSR count). The lowest BCUT2D eigenvalue weighted by atomic mass is 10.1. The fourth-order valence-electron chi connectivity index (χ4n) is 3.15. The van der Waals surface area contributed by atoms with Crippen molar-refractivity contribution in [1.29, 1.82) is 0 Å². The van der Waals surface area contributed by atoms with Crippen molar-refractivity contribution < 1.29 is 27.9 Å². The first-order valence-corrected chi connectivity index (χ1v) is 9.92. The molecule has 2 aromatic heterocycles. The van der Waals surface area contributed by atoms with E-state index in [-0.39, 0.29) is 26.2 Å². The number of aromatic nitrogens is 1. The second kappa shape index (κ2) is 9.34. The van der Waals surface area contributed by atoms with Gasteiger partial charge in [0.25, 0.3) is 0 Å². The molecule has 4 aromatic rings. The van der Waals surface area contributed by atoms with E-state index in [1.165, 1.54) is 6.07 Å². The topological polar surface area (TPSA) is 121 Å². The molecule has 0 atom stereocenters. The average Bonchev–Trinajstić information content (AvgIpc) is 3.14. The van der Waals surface area contributed by atoms with Crippen LogP contribution in [0, 0.1) is 6.92 Å². The van der Waals surface area contributed by atoms with Crippen LogP contribution in [0.4, 0.5) is 4.79 Å². The summed E-state index contributed by atoms with van der Waals surface area (Å²) in [5, 5.41) is 3.10. The molecule has 0 aliphatic rings. The van der Waals surface area contributed by atoms with Crippen molar-refractivity contribution in [3.63, 3.8) is 0 Å². The van der Waals surface area contributed by atoms with Gasteiger partial charge in [0.1, 0.15) is 24.3 Å². The zero-order valence-electron chi connectivity index (χ0n) is 17.3. The summed E-state index contributed by atoms with van der Waals surface area (Å²) >= 11 is 0. The van der Waals surface area contributed by atoms with E-state index in [4.69, 9.17) is 18.3 Å². The lowest BCUT2D eigenvalue weighted by Crippen LogP contribution is -2.27. The van der Waals surface area contributed by atoms with Crippen LogP contribution in [0.2, 0.25) is 0 Å². The highest BCUT2D eigenvalue weighted by Crippen LogP contribution is 2.25. The summed E-state index contributed by atoms with van der Waals surface area (Å²) in [7, 11) is 0. The van der Waals surface area contributed by atoms with Crippen LogP contribution in [-0.4, -0.2) is 23.6 Å². The Morgan fingerprint density at radius 3 is 2.62 bits per heavy atom. The van der Waals surface area contributed by atoms with Crippen molar-refractivity contribution in [2.24, 2.45) is 0 Å². The van der Waals surface area contributed by atoms with Gasteiger partial charge in [0, 0.05) is 36.6 Å². The summed E-state index contributed by atoms with van der Waals surface area (Å²) in [5.41, 5.74) is 2.20. The molecule has 164 valence electrons. The van der Waals surface area contributed by atoms with E-state index < -0.39 is 17.7 Å². The van der Waals surface area contributed by atoms with E-state index >= 15 is 0 Å². The second-order valence-corrected chi connectivity index (χ2v) is 7.04. The molecule has 9 nitrogen and oxygen atoms in total. The lowest BCUT2D eigenvalue weighted by Gasteiger charge is -2.08. The van der Waals surface area contributed by atoms with Crippen molar-refractivity contribution >= 4 is 34.1 Å². The number of hydrogen-bond acceptors (Lipinski definition) is 8. The number of carbonyl (C=O) groups is 2. The summed E-state index contributed by atoms with van der Waals surface area (Å²) in [6, 6.07) is 13.8. The molecule has 0 spiro atoms. The highest BCUT2D eigenvalue weighted by molar-refractivity contribution is 5.92. The zero-order chi connectivity index (χ0) is 22.5. The third kappa shape index (κ3) is 5.12. The molecule has 2 aromatic carbocycles. The second-order valence-electron chi connectivity index (χ2n) is 7.04. The predicted molar refractivity (Wildman–Crippen MR) is 114 cm³/mol. The maximum atomic E-state index is 12.1. The van der Waals surface area contributed by atoms with Crippen LogP contribution in [0.1, 0.15) is 23.4 Å². The standard InChI is InChI=1S/C23H20N2O7/c1-14-25-18-10-17-16(9-22(27)32-19(17)11-20(18)31-14)13-29-21(26)7-8-24-23(28)30-12-15-5-3-2-4-6-15/h2-6,9-11H,7-8,12-13H2,1H3,(H,24,28). The molecule has 0 fully saturated rings. The number of oxazole rings is 1. The van der Waals surface area contributed by atoms with Crippen LogP contribution in [0.25, 0.3) is 22.1 Å². The van der Waals surface area contributed by atoms with Gasteiger partial charge in [0.15, 0.2) is 11.5 Å². The van der Waals surface area contributed by atoms with Crippen molar-refractivity contribution in [2.45, 2.75) is 26.6 Å². The third-order valence-electron chi connectivity index (χ3n) is 4.65. The molecule has 0 unspecified atom stereocenters. The Morgan fingerprint density at radius 2 is 1.81 bits per heavy atom. The number of alkyl carbamates (subject to hydrolysis) is 1. The van der Waals surface area contributed by atoms with Crippen molar-refractivity contribution in [3.05, 3.63) is 76.0 Å². The number of aryl methyl sites for hydroxylation is 1. The number of amides is 1. The lowest BCUT2D eigenvalue weighted by molar-refractivity contribution is -0.144. The average molecular weight is 436 g/mol. The summed E-state index contributed by atoms with van der Waals surface area (Å²) in [4.78, 5) is 40.0. The third-order valence-corrected chi connectivity index (χ3v) is 4.65. The van der Waals surface area contributed by atoms with Gasteiger partial charge in [-0.2, -0.15) is 0 Å². The van der Waals surface area contributed by atoms with E-state index in [0.29, 0.717) is 33.5 Å². The molecule has 32 heavy (non-hydrogen) atoms. The van der Waals surface area contributed by atoms with Crippen molar-refractivity contribution in [3.8, 4) is 0 Å². The molecular weight excluding hydrogens is 416 g/mol. The largest absolute Gasteiger partial charge is 0.461 e. The Balaban J connectivity index is 1.30. The van der Waals surface area contributed by atoms with Gasteiger partial charge in [0.2, 0.25) is 0 Å². The number of fused-ring (bicyclic) bond motifs is 2. The Hall–Kier alpha value is -4.14. The smallest absolute Gasteiger partial charge is 0.407 e. The van der Waals surface area contributed by atoms with E-state index in [1.807, 2.05) is 30.3 Å². The van der Waals surface area contributed by atoms with Crippen LogP contribution in [0.3, 0.4) is 0 Å². The number of benzene rings is 2. The van der Waals surface area contributed by atoms with Crippen molar-refractivity contribution in [1.82, 2.24) is 10.3 Å². The highest BCUT2D eigenvalue weighted by atomic mass is 16.5. The first-order chi connectivity index (χ1) is 15.5. The monoisotopic (exact) mass is 436 g/mol. The van der Waals surface area contributed by atoms with E-state index in [9.17, 15) is 14.4 Å². The quantitative estimate of drug-likeness (QED) is 0.345. The molecule has 2 heterocycles. The van der Waals surface area contributed by atoms with Crippen LogP contribution in [0.15, 0.2) is 62.2 Å². The van der Waals surface area contributed by atoms with Gasteiger partial charge in [-0.25, -0.2) is 14.6 Å². The summed E-state index contributed by atoms with van der Waals surface area (Å²) in [5.74, 6) is -0.0477. The van der Waals surface area contributed by atoms with E-state index in [0.717, 1.165) is 5.56 Å². The molecule has 9 heteroatoms. The minimum absolute atomic E-state index is 0.0491. The number of nitrogens with zero attached hydrogens (tertiary/aromatic N) is 1. The first kappa shape index (κ1) is 21.1. The molecule has 1 amide bonds. The summed E-state index contributed by atoms with van der Waals surface area (Å²) in [6.45, 7) is 1.79. The number of hydrogen-bond donors (Lipinski definition) is 1. The number of carbonyl (C=O) groups excluding carboxylic acids is 2. The van der Waals surface area contributed by atoms with Gasteiger partial charge in [-0.05, 0) is 11.6 Å². The highest BCUT2D eigenvalue weighted by Gasteiger charge is 2.13. The minimum Gasteiger partial charge on any atom is -0.461 e. The minimum atomic E-state index is -0.625. The Labute approximate surface area is 181 Å². The fraction of sp³-hybridized carbons (Fsp3) is 0.217. The van der Waals surface area contributed by atoms with Gasteiger partial charge in [0.05, 0.1) is 6.42 Å². The van der Waals surface area contributed by atoms with Gasteiger partial charge < -0.3 is 23.6 Å². The molecule has 0 saturated heterocycles. The maximum absolute atomic E-state index is 12.1. The van der Waals surface area contributed by atoms with Crippen LogP contribution < -0.4 is 10.9 Å². The molecule has 0 aliphatic carbocycles. The Bertz CT molecular complexity index is 1320. The zero-order valence-corrected chi connectivity index (χ0v) is 17.3. The number of esters is 1. The van der Waals surface area contributed by atoms with Crippen LogP contribution in [-0.2, 0) is 27.5 Å². The maximum Gasteiger partial charge on any atom is 0.407 e. The van der Waals surface area contributed by atoms with Gasteiger partial charge in [-0.1, -0.05) is 30.3 Å². The van der Waals surface area contributed by atoms with Gasteiger partial charge in [-0.15, -0.1) is 0 Å². The summed E-state index contributed by atoms with van der Waals surface area (Å²) in [6.07, 6.45) is -0.674. The molecule has 0 bridgehead atoms. The predicted octanol–water partition coefficient (Wildman–Crippen LogP) is 3.60. The molecule has 0 saturated carbocycles. The van der Waals surface area contributed by atoms with Crippen LogP contribution in [0.5, 0.6) is 0 Å². The summed E-state index contributed by atoms with van der Waals surface area (Å²) < 4.78 is 21.0. The SMILES string of the molecule is Cc1nc2cc3c(COC(=O)CCNC(=O)OCc4ccccc4)cc(=O)oc3cc2o1. The fourth-order valence-corrected chi connectivity index (χ4v) is 3.15. The van der Waals surface area contributed by atoms with E-state index in [2.05, 4.69) is 10.3 Å². The first-order valence-electron chi connectivity index (χ1n) is 9.92. The molecular formula is C23H20N2O7. The van der Waals surface area contributed by atoms with E-state index in [1.54, 1.807) is 19.1 Å². The molecule has 0 radical (unpaired) electrons. The van der Waals surface area contributed by atoms with Gasteiger partial charge >= 0.3 is 17.7 Å². The molecule has 0 aliphatic heterocycles. The van der Waals surface area contributed by atoms with Crippen LogP contribution >= 0.6 is 0 Å². The Morgan fingerprint density at radius 1 is 1.00 bits per heavy atom. The Kier molecular flexibility index (Phi) is 6.16. The van der Waals surface area contributed by atoms with Crippen molar-refractivity contribution in [2.75, 3.05) is 6.54 Å². The number of rotatable bonds is 7. The number of ether oxygens (including phenoxy) is 2. The van der Waals surface area contributed by atoms with Gasteiger partial charge in [-0.3, -0.25) is 4.79 Å².